The van der Waals surface area contributed by atoms with Crippen LogP contribution in [0.25, 0.3) is 22.6 Å². The highest BCUT2D eigenvalue weighted by Crippen LogP contribution is 2.40. The lowest BCUT2D eigenvalue weighted by Crippen LogP contribution is -1.97. The molecule has 0 atom stereocenters. The second kappa shape index (κ2) is 6.93. The summed E-state index contributed by atoms with van der Waals surface area (Å²) in [7, 11) is 0. The molecule has 4 rings (SSSR count). The summed E-state index contributed by atoms with van der Waals surface area (Å²) in [4.78, 5) is 15.3. The molecule has 0 bridgehead atoms. The fourth-order valence-corrected chi connectivity index (χ4v) is 3.29. The van der Waals surface area contributed by atoms with Crippen LogP contribution in [0, 0.1) is 0 Å². The second-order valence-electron chi connectivity index (χ2n) is 5.42. The van der Waals surface area contributed by atoms with Crippen molar-refractivity contribution in [2.45, 2.75) is 5.22 Å². The van der Waals surface area contributed by atoms with E-state index < -0.39 is 5.97 Å². The van der Waals surface area contributed by atoms with E-state index in [2.05, 4.69) is 4.98 Å². The van der Waals surface area contributed by atoms with Gasteiger partial charge in [-0.25, -0.2) is 4.98 Å². The van der Waals surface area contributed by atoms with Crippen molar-refractivity contribution in [2.75, 3.05) is 12.5 Å². The number of nitrogens with zero attached hydrogens (tertiary/aromatic N) is 1. The summed E-state index contributed by atoms with van der Waals surface area (Å²) in [5.74, 6) is 0.724. The van der Waals surface area contributed by atoms with Crippen molar-refractivity contribution >= 4 is 29.3 Å². The zero-order chi connectivity index (χ0) is 18.1. The Labute approximate surface area is 157 Å². The molecule has 0 aliphatic carbocycles. The van der Waals surface area contributed by atoms with Gasteiger partial charge in [0.1, 0.15) is 11.4 Å². The third kappa shape index (κ3) is 3.36. The van der Waals surface area contributed by atoms with Crippen LogP contribution >= 0.6 is 23.4 Å². The average Bonchev–Trinajstić information content (AvgIpc) is 3.26. The third-order valence-electron chi connectivity index (χ3n) is 3.66. The second-order valence-corrected chi connectivity index (χ2v) is 6.78. The minimum atomic E-state index is -0.942. The van der Waals surface area contributed by atoms with E-state index in [0.29, 0.717) is 28.0 Å². The number of thioether (sulfide) groups is 1. The van der Waals surface area contributed by atoms with Crippen LogP contribution in [0.3, 0.4) is 0 Å². The molecule has 0 radical (unpaired) electrons. The number of fused-ring (bicyclic) bond motifs is 1. The van der Waals surface area contributed by atoms with Crippen molar-refractivity contribution in [3.05, 3.63) is 47.5 Å². The van der Waals surface area contributed by atoms with Crippen LogP contribution in [0.2, 0.25) is 5.02 Å². The molecule has 8 heteroatoms. The highest BCUT2D eigenvalue weighted by atomic mass is 35.5. The molecule has 1 N–H and O–H groups in total. The number of carboxylic acid groups (broad SMARTS) is 1. The molecular weight excluding hydrogens is 378 g/mol. The molecule has 1 aromatic heterocycles. The highest BCUT2D eigenvalue weighted by Gasteiger charge is 2.21. The molecular formula is C18H12ClNO5S. The first-order chi connectivity index (χ1) is 12.6. The molecule has 0 saturated carbocycles. The molecule has 0 unspecified atom stereocenters. The average molecular weight is 390 g/mol. The van der Waals surface area contributed by atoms with Gasteiger partial charge >= 0.3 is 5.97 Å². The van der Waals surface area contributed by atoms with Crippen molar-refractivity contribution in [1.82, 2.24) is 4.98 Å². The van der Waals surface area contributed by atoms with Gasteiger partial charge in [-0.2, -0.15) is 0 Å². The number of rotatable bonds is 5. The van der Waals surface area contributed by atoms with Crippen LogP contribution in [0.4, 0.5) is 0 Å². The van der Waals surface area contributed by atoms with Crippen LogP contribution in [-0.2, 0) is 4.79 Å². The summed E-state index contributed by atoms with van der Waals surface area (Å²) in [5.41, 5.74) is 2.11. The Morgan fingerprint density at radius 2 is 2.00 bits per heavy atom. The lowest BCUT2D eigenvalue weighted by Gasteiger charge is -2.03. The van der Waals surface area contributed by atoms with Gasteiger partial charge in [-0.15, -0.1) is 0 Å². The fraction of sp³-hybridized carbons (Fsp3) is 0.111. The molecule has 3 aromatic rings. The van der Waals surface area contributed by atoms with Crippen molar-refractivity contribution in [1.29, 1.82) is 0 Å². The number of carbonyl (C=O) groups is 1. The lowest BCUT2D eigenvalue weighted by atomic mass is 10.1. The maximum Gasteiger partial charge on any atom is 0.314 e. The van der Waals surface area contributed by atoms with Crippen LogP contribution in [0.1, 0.15) is 0 Å². The normalized spacial score (nSPS) is 12.3. The van der Waals surface area contributed by atoms with Gasteiger partial charge in [0.15, 0.2) is 17.3 Å². The predicted octanol–water partition coefficient (Wildman–Crippen LogP) is 4.57. The van der Waals surface area contributed by atoms with Gasteiger partial charge in [0, 0.05) is 16.1 Å². The summed E-state index contributed by atoms with van der Waals surface area (Å²) in [6, 6.07) is 12.7. The van der Waals surface area contributed by atoms with Crippen molar-refractivity contribution in [2.24, 2.45) is 0 Å². The highest BCUT2D eigenvalue weighted by molar-refractivity contribution is 7.99. The molecule has 1 aliphatic rings. The number of aromatic nitrogens is 1. The molecule has 0 spiro atoms. The molecule has 26 heavy (non-hydrogen) atoms. The summed E-state index contributed by atoms with van der Waals surface area (Å²) < 4.78 is 16.6. The quantitative estimate of drug-likeness (QED) is 0.640. The Kier molecular flexibility index (Phi) is 4.48. The summed E-state index contributed by atoms with van der Waals surface area (Å²) in [6.07, 6.45) is 0. The first-order valence-electron chi connectivity index (χ1n) is 7.61. The summed E-state index contributed by atoms with van der Waals surface area (Å²) in [5, 5.41) is 9.73. The van der Waals surface area contributed by atoms with E-state index in [0.717, 1.165) is 22.9 Å². The number of oxazole rings is 1. The molecule has 2 heterocycles. The minimum Gasteiger partial charge on any atom is -0.481 e. The van der Waals surface area contributed by atoms with Gasteiger partial charge in [0.05, 0.1) is 0 Å². The van der Waals surface area contributed by atoms with E-state index >= 15 is 0 Å². The zero-order valence-corrected chi connectivity index (χ0v) is 14.8. The van der Waals surface area contributed by atoms with E-state index in [1.165, 1.54) is 0 Å². The summed E-state index contributed by atoms with van der Waals surface area (Å²) in [6.45, 7) is 0.179. The maximum atomic E-state index is 10.8. The topological polar surface area (TPSA) is 81.8 Å². The van der Waals surface area contributed by atoms with Crippen LogP contribution < -0.4 is 9.47 Å². The summed E-state index contributed by atoms with van der Waals surface area (Å²) >= 11 is 7.11. The Morgan fingerprint density at radius 3 is 2.81 bits per heavy atom. The van der Waals surface area contributed by atoms with Crippen LogP contribution in [0.15, 0.2) is 52.1 Å². The molecule has 132 valence electrons. The maximum absolute atomic E-state index is 10.8. The van der Waals surface area contributed by atoms with Crippen molar-refractivity contribution in [3.8, 4) is 34.1 Å². The molecule has 0 saturated heterocycles. The smallest absolute Gasteiger partial charge is 0.314 e. The molecule has 1 aliphatic heterocycles. The predicted molar refractivity (Wildman–Crippen MR) is 96.9 cm³/mol. The van der Waals surface area contributed by atoms with Gasteiger partial charge in [0.2, 0.25) is 6.79 Å². The van der Waals surface area contributed by atoms with Crippen molar-refractivity contribution < 1.29 is 23.8 Å². The van der Waals surface area contributed by atoms with Gasteiger partial charge < -0.3 is 19.0 Å². The minimum absolute atomic E-state index is 0.143. The van der Waals surface area contributed by atoms with Gasteiger partial charge in [0.25, 0.3) is 5.22 Å². The SMILES string of the molecule is O=C(O)CSc1nc(-c2ccc3c(c2)OCO3)c(-c2cccc(Cl)c2)o1. The number of ether oxygens (including phenoxy) is 2. The standard InChI is InChI=1S/C18H12ClNO5S/c19-12-3-1-2-11(6-12)17-16(20-18(25-17)26-8-15(21)22)10-4-5-13-14(7-10)24-9-23-13/h1-7H,8-9H2,(H,21,22). The van der Waals surface area contributed by atoms with E-state index in [-0.39, 0.29) is 17.8 Å². The Hall–Kier alpha value is -2.64. The number of benzene rings is 2. The number of carboxylic acids is 1. The number of hydrogen-bond donors (Lipinski definition) is 1. The van der Waals surface area contributed by atoms with E-state index in [9.17, 15) is 4.79 Å². The Bertz CT molecular complexity index is 987. The fourth-order valence-electron chi connectivity index (χ4n) is 2.55. The number of halogens is 1. The molecule has 2 aromatic carbocycles. The first kappa shape index (κ1) is 16.8. The Balaban J connectivity index is 1.80. The number of hydrogen-bond acceptors (Lipinski definition) is 6. The monoisotopic (exact) mass is 389 g/mol. The van der Waals surface area contributed by atoms with E-state index in [4.69, 9.17) is 30.6 Å². The largest absolute Gasteiger partial charge is 0.481 e. The van der Waals surface area contributed by atoms with Crippen LogP contribution in [-0.4, -0.2) is 28.6 Å². The lowest BCUT2D eigenvalue weighted by molar-refractivity contribution is -0.133. The van der Waals surface area contributed by atoms with Crippen LogP contribution in [0.5, 0.6) is 11.5 Å². The van der Waals surface area contributed by atoms with E-state index in [1.807, 2.05) is 24.3 Å². The van der Waals surface area contributed by atoms with E-state index in [1.54, 1.807) is 18.2 Å². The molecule has 0 amide bonds. The number of aliphatic carboxylic acids is 1. The van der Waals surface area contributed by atoms with Gasteiger partial charge in [-0.1, -0.05) is 35.5 Å². The Morgan fingerprint density at radius 1 is 1.15 bits per heavy atom. The molecule has 6 nitrogen and oxygen atoms in total. The third-order valence-corrected chi connectivity index (χ3v) is 4.71. The first-order valence-corrected chi connectivity index (χ1v) is 8.98. The van der Waals surface area contributed by atoms with Crippen molar-refractivity contribution in [3.63, 3.8) is 0 Å². The molecule has 0 fully saturated rings. The van der Waals surface area contributed by atoms with Gasteiger partial charge in [-0.05, 0) is 30.3 Å². The zero-order valence-electron chi connectivity index (χ0n) is 13.3. The van der Waals surface area contributed by atoms with Gasteiger partial charge in [-0.3, -0.25) is 4.79 Å².